The number of carbonyl (C=O) groups excluding carboxylic acids is 1. The van der Waals surface area contributed by atoms with Crippen molar-refractivity contribution in [1.29, 1.82) is 5.41 Å². The van der Waals surface area contributed by atoms with Gasteiger partial charge >= 0.3 is 0 Å². The van der Waals surface area contributed by atoms with Crippen LogP contribution in [-0.2, 0) is 4.79 Å². The molecular weight excluding hydrogens is 126 g/mol. The van der Waals surface area contributed by atoms with Crippen molar-refractivity contribution in [2.75, 3.05) is 0 Å². The van der Waals surface area contributed by atoms with E-state index in [-0.39, 0.29) is 5.78 Å². The first kappa shape index (κ1) is 9.12. The Kier molecular flexibility index (Phi) is 5.69. The van der Waals surface area contributed by atoms with Crippen molar-refractivity contribution in [1.82, 2.24) is 0 Å². The molecule has 0 heterocycles. The number of rotatable bonds is 5. The number of nitrogens with one attached hydrogen (secondary N) is 1. The first-order valence-electron chi connectivity index (χ1n) is 3.59. The van der Waals surface area contributed by atoms with Crippen LogP contribution in [0.3, 0.4) is 0 Å². The first-order valence-corrected chi connectivity index (χ1v) is 3.59. The zero-order valence-electron chi connectivity index (χ0n) is 6.31. The quantitative estimate of drug-likeness (QED) is 0.353. The Balaban J connectivity index is 3.31. The summed E-state index contributed by atoms with van der Waals surface area (Å²) < 4.78 is 0. The van der Waals surface area contributed by atoms with E-state index in [1.807, 2.05) is 5.87 Å². The summed E-state index contributed by atoms with van der Waals surface area (Å²) in [6.07, 6.45) is 4.92. The predicted octanol–water partition coefficient (Wildman–Crippen LogP) is 1.94. The topological polar surface area (TPSA) is 40.9 Å². The number of ketones is 1. The van der Waals surface area contributed by atoms with E-state index in [4.69, 9.17) is 5.41 Å². The van der Waals surface area contributed by atoms with Crippen molar-refractivity contribution in [3.63, 3.8) is 0 Å². The fourth-order valence-corrected chi connectivity index (χ4v) is 0.702. The van der Waals surface area contributed by atoms with Gasteiger partial charge in [0, 0.05) is 12.5 Å². The minimum absolute atomic E-state index is 0.0171. The van der Waals surface area contributed by atoms with E-state index < -0.39 is 0 Å². The Morgan fingerprint density at radius 3 is 2.80 bits per heavy atom. The highest BCUT2D eigenvalue weighted by molar-refractivity contribution is 5.96. The van der Waals surface area contributed by atoms with Crippen LogP contribution in [0.4, 0.5) is 0 Å². The molecule has 0 unspecified atom stereocenters. The van der Waals surface area contributed by atoms with Gasteiger partial charge in [-0.1, -0.05) is 19.8 Å². The van der Waals surface area contributed by atoms with E-state index in [1.165, 1.54) is 6.08 Å². The molecule has 0 amide bonds. The molecule has 0 bridgehead atoms. The summed E-state index contributed by atoms with van der Waals surface area (Å²) in [5.41, 5.74) is 0. The molecule has 2 heteroatoms. The van der Waals surface area contributed by atoms with Gasteiger partial charge in [-0.2, -0.15) is 0 Å². The largest absolute Gasteiger partial charge is 0.294 e. The smallest absolute Gasteiger partial charge is 0.164 e. The third-order valence-corrected chi connectivity index (χ3v) is 1.26. The van der Waals surface area contributed by atoms with Crippen molar-refractivity contribution >= 4 is 11.7 Å². The van der Waals surface area contributed by atoms with Crippen molar-refractivity contribution in [2.24, 2.45) is 0 Å². The highest BCUT2D eigenvalue weighted by atomic mass is 16.1. The van der Waals surface area contributed by atoms with Crippen molar-refractivity contribution in [3.8, 4) is 0 Å². The maximum Gasteiger partial charge on any atom is 0.164 e. The lowest BCUT2D eigenvalue weighted by Crippen LogP contribution is -1.91. The molecule has 0 fully saturated rings. The lowest BCUT2D eigenvalue weighted by molar-refractivity contribution is -0.114. The summed E-state index contributed by atoms with van der Waals surface area (Å²) in [6.45, 7) is 2.09. The Morgan fingerprint density at radius 2 is 2.30 bits per heavy atom. The molecule has 1 N–H and O–H groups in total. The van der Waals surface area contributed by atoms with Gasteiger partial charge in [0.1, 0.15) is 0 Å². The van der Waals surface area contributed by atoms with Crippen LogP contribution < -0.4 is 0 Å². The first-order chi connectivity index (χ1) is 4.81. The molecule has 0 aromatic heterocycles. The Hall–Kier alpha value is -0.880. The average molecular weight is 139 g/mol. The van der Waals surface area contributed by atoms with Crippen LogP contribution in [0, 0.1) is 5.41 Å². The van der Waals surface area contributed by atoms with E-state index in [9.17, 15) is 4.79 Å². The summed E-state index contributed by atoms with van der Waals surface area (Å²) in [6, 6.07) is 0. The standard InChI is InChI=1S/C8H13NO/c1-2-3-4-5-8(10)6-7-9/h6,9H,2-5H2,1H3. The van der Waals surface area contributed by atoms with Gasteiger partial charge in [-0.25, -0.2) is 0 Å². The maximum atomic E-state index is 10.7. The molecule has 10 heavy (non-hydrogen) atoms. The van der Waals surface area contributed by atoms with Crippen LogP contribution in [0.5, 0.6) is 0 Å². The highest BCUT2D eigenvalue weighted by Gasteiger charge is 1.93. The van der Waals surface area contributed by atoms with Crippen molar-refractivity contribution in [2.45, 2.75) is 32.6 Å². The molecule has 0 radical (unpaired) electrons. The monoisotopic (exact) mass is 139 g/mol. The molecule has 0 atom stereocenters. The second kappa shape index (κ2) is 6.24. The summed E-state index contributed by atoms with van der Waals surface area (Å²) in [4.78, 5) is 10.7. The lowest BCUT2D eigenvalue weighted by atomic mass is 10.1. The van der Waals surface area contributed by atoms with Gasteiger partial charge < -0.3 is 0 Å². The molecule has 0 aromatic rings. The molecule has 0 saturated carbocycles. The zero-order chi connectivity index (χ0) is 7.82. The van der Waals surface area contributed by atoms with Gasteiger partial charge in [-0.15, -0.1) is 0 Å². The Bertz CT molecular complexity index is 145. The van der Waals surface area contributed by atoms with Gasteiger partial charge in [0.15, 0.2) is 5.78 Å². The molecule has 0 rings (SSSR count). The van der Waals surface area contributed by atoms with Crippen LogP contribution >= 0.6 is 0 Å². The summed E-state index contributed by atoms with van der Waals surface area (Å²) in [7, 11) is 0. The fraction of sp³-hybridized carbons (Fsp3) is 0.625. The molecular formula is C8H13NO. The number of unbranched alkanes of at least 4 members (excludes halogenated alkanes) is 2. The summed E-state index contributed by atoms with van der Waals surface area (Å²) in [5, 5.41) is 6.49. The van der Waals surface area contributed by atoms with E-state index in [0.29, 0.717) is 6.42 Å². The second-order valence-corrected chi connectivity index (χ2v) is 2.21. The lowest BCUT2D eigenvalue weighted by Gasteiger charge is -1.91. The van der Waals surface area contributed by atoms with Crippen molar-refractivity contribution < 1.29 is 4.79 Å². The number of hydrogen-bond acceptors (Lipinski definition) is 2. The van der Waals surface area contributed by atoms with Gasteiger partial charge in [-0.05, 0) is 12.3 Å². The van der Waals surface area contributed by atoms with Crippen LogP contribution in [0.15, 0.2) is 6.08 Å². The third kappa shape index (κ3) is 5.26. The minimum Gasteiger partial charge on any atom is -0.294 e. The second-order valence-electron chi connectivity index (χ2n) is 2.21. The van der Waals surface area contributed by atoms with Gasteiger partial charge in [0.25, 0.3) is 0 Å². The molecule has 0 spiro atoms. The van der Waals surface area contributed by atoms with E-state index >= 15 is 0 Å². The molecule has 0 aliphatic heterocycles. The SMILES string of the molecule is CCCCCC(=O)C=C=N. The molecule has 2 nitrogen and oxygen atoms in total. The van der Waals surface area contributed by atoms with Crippen LogP contribution in [-0.4, -0.2) is 11.7 Å². The van der Waals surface area contributed by atoms with Gasteiger partial charge in [0.05, 0.1) is 0 Å². The van der Waals surface area contributed by atoms with Crippen LogP contribution in [0.1, 0.15) is 32.6 Å². The predicted molar refractivity (Wildman–Crippen MR) is 41.4 cm³/mol. The minimum atomic E-state index is 0.0171. The highest BCUT2D eigenvalue weighted by Crippen LogP contribution is 1.99. The molecule has 0 saturated heterocycles. The third-order valence-electron chi connectivity index (χ3n) is 1.26. The Labute approximate surface area is 61.5 Å². The maximum absolute atomic E-state index is 10.7. The summed E-state index contributed by atoms with van der Waals surface area (Å²) >= 11 is 0. The number of allylic oxidation sites excluding steroid dienone is 1. The van der Waals surface area contributed by atoms with Crippen LogP contribution in [0.25, 0.3) is 0 Å². The summed E-state index contributed by atoms with van der Waals surface area (Å²) in [5.74, 6) is 1.99. The Morgan fingerprint density at radius 1 is 1.60 bits per heavy atom. The fourth-order valence-electron chi connectivity index (χ4n) is 0.702. The molecule has 56 valence electrons. The van der Waals surface area contributed by atoms with Gasteiger partial charge in [-0.3, -0.25) is 10.2 Å². The number of carbonyl (C=O) groups is 1. The van der Waals surface area contributed by atoms with E-state index in [0.717, 1.165) is 19.3 Å². The van der Waals surface area contributed by atoms with Gasteiger partial charge in [0.2, 0.25) is 0 Å². The molecule has 0 aliphatic carbocycles. The molecule has 0 aliphatic rings. The average Bonchev–Trinajstić information content (AvgIpc) is 1.89. The van der Waals surface area contributed by atoms with E-state index in [2.05, 4.69) is 6.92 Å². The normalized spacial score (nSPS) is 8.50. The van der Waals surface area contributed by atoms with Crippen LogP contribution in [0.2, 0.25) is 0 Å². The van der Waals surface area contributed by atoms with E-state index in [1.54, 1.807) is 0 Å². The van der Waals surface area contributed by atoms with Crippen molar-refractivity contribution in [3.05, 3.63) is 6.08 Å². The zero-order valence-corrected chi connectivity index (χ0v) is 6.31. The molecule has 0 aromatic carbocycles. The number of hydrogen-bond donors (Lipinski definition) is 1.